The molecule has 1 amide bonds. The minimum atomic E-state index is -0.282. The molecule has 0 radical (unpaired) electrons. The van der Waals surface area contributed by atoms with Crippen molar-refractivity contribution >= 4 is 23.6 Å². The van der Waals surface area contributed by atoms with E-state index in [1.165, 1.54) is 6.42 Å². The summed E-state index contributed by atoms with van der Waals surface area (Å²) in [6.45, 7) is 8.17. The third-order valence-electron chi connectivity index (χ3n) is 6.04. The van der Waals surface area contributed by atoms with Crippen LogP contribution in [0.3, 0.4) is 0 Å². The molecule has 1 fully saturated rings. The second kappa shape index (κ2) is 8.88. The topological polar surface area (TPSA) is 57.8 Å². The van der Waals surface area contributed by atoms with Crippen LogP contribution in [-0.2, 0) is 4.79 Å². The highest BCUT2D eigenvalue weighted by Gasteiger charge is 2.24. The maximum absolute atomic E-state index is 12.7. The largest absolute Gasteiger partial charge is 0.348 e. The quantitative estimate of drug-likeness (QED) is 0.523. The van der Waals surface area contributed by atoms with Crippen molar-refractivity contribution in [3.05, 3.63) is 57.4 Å². The molecule has 1 heterocycles. The van der Waals surface area contributed by atoms with Crippen LogP contribution in [0.5, 0.6) is 0 Å². The van der Waals surface area contributed by atoms with Gasteiger partial charge in [0.2, 0.25) is 0 Å². The molecule has 0 aliphatic heterocycles. The van der Waals surface area contributed by atoms with Crippen LogP contribution in [0.2, 0.25) is 5.02 Å². The zero-order valence-electron chi connectivity index (χ0n) is 17.6. The van der Waals surface area contributed by atoms with E-state index in [9.17, 15) is 10.1 Å². The predicted octanol–water partition coefficient (Wildman–Crippen LogP) is 5.66. The summed E-state index contributed by atoms with van der Waals surface area (Å²) in [6.07, 6.45) is 6.14. The number of hydrogen-bond donors (Lipinski definition) is 1. The van der Waals surface area contributed by atoms with Crippen LogP contribution in [0.1, 0.15) is 55.1 Å². The summed E-state index contributed by atoms with van der Waals surface area (Å²) in [6, 6.07) is 10.1. The molecule has 1 aliphatic carbocycles. The van der Waals surface area contributed by atoms with Crippen LogP contribution in [0.4, 0.5) is 0 Å². The number of hydrogen-bond acceptors (Lipinski definition) is 2. The number of nitrogens with zero attached hydrogens (tertiary/aromatic N) is 2. The van der Waals surface area contributed by atoms with Gasteiger partial charge in [0, 0.05) is 28.1 Å². The Hall–Kier alpha value is -2.51. The molecule has 1 aromatic carbocycles. The van der Waals surface area contributed by atoms with Gasteiger partial charge in [-0.15, -0.1) is 0 Å². The predicted molar refractivity (Wildman–Crippen MR) is 118 cm³/mol. The molecule has 0 spiro atoms. The van der Waals surface area contributed by atoms with E-state index in [2.05, 4.69) is 22.9 Å². The van der Waals surface area contributed by atoms with Crippen LogP contribution in [0.25, 0.3) is 11.8 Å². The van der Waals surface area contributed by atoms with Crippen molar-refractivity contribution in [1.29, 1.82) is 5.26 Å². The first kappa shape index (κ1) is 21.2. The molecule has 3 rings (SSSR count). The fraction of sp³-hybridized carbons (Fsp3) is 0.417. The van der Waals surface area contributed by atoms with E-state index in [0.717, 1.165) is 47.5 Å². The second-order valence-electron chi connectivity index (χ2n) is 8.06. The van der Waals surface area contributed by atoms with Gasteiger partial charge < -0.3 is 9.88 Å². The van der Waals surface area contributed by atoms with Crippen LogP contribution in [0.15, 0.2) is 29.8 Å². The number of amides is 1. The summed E-state index contributed by atoms with van der Waals surface area (Å²) < 4.78 is 2.11. The maximum atomic E-state index is 12.7. The molecule has 1 saturated carbocycles. The first-order valence-corrected chi connectivity index (χ1v) is 10.6. The highest BCUT2D eigenvalue weighted by atomic mass is 35.5. The summed E-state index contributed by atoms with van der Waals surface area (Å²) in [4.78, 5) is 12.7. The van der Waals surface area contributed by atoms with Crippen molar-refractivity contribution < 1.29 is 4.79 Å². The lowest BCUT2D eigenvalue weighted by molar-refractivity contribution is -0.118. The Morgan fingerprint density at radius 2 is 2.00 bits per heavy atom. The van der Waals surface area contributed by atoms with Crippen LogP contribution < -0.4 is 5.32 Å². The van der Waals surface area contributed by atoms with E-state index in [-0.39, 0.29) is 17.5 Å². The van der Waals surface area contributed by atoms with Gasteiger partial charge >= 0.3 is 0 Å². The molecule has 0 bridgehead atoms. The van der Waals surface area contributed by atoms with Gasteiger partial charge in [0.1, 0.15) is 11.6 Å². The van der Waals surface area contributed by atoms with E-state index >= 15 is 0 Å². The van der Waals surface area contributed by atoms with E-state index in [1.807, 2.05) is 45.0 Å². The molecule has 1 N–H and O–H groups in total. The molecule has 4 nitrogen and oxygen atoms in total. The molecule has 1 aliphatic rings. The monoisotopic (exact) mass is 409 g/mol. The summed E-state index contributed by atoms with van der Waals surface area (Å²) in [5.74, 6) is 0.165. The van der Waals surface area contributed by atoms with Crippen molar-refractivity contribution in [3.8, 4) is 11.8 Å². The van der Waals surface area contributed by atoms with E-state index in [0.29, 0.717) is 10.9 Å². The van der Waals surface area contributed by atoms with Gasteiger partial charge in [-0.05, 0) is 74.9 Å². The summed E-state index contributed by atoms with van der Waals surface area (Å²) in [5.41, 5.74) is 5.01. The Bertz CT molecular complexity index is 996. The Labute approximate surface area is 178 Å². The fourth-order valence-corrected chi connectivity index (χ4v) is 4.39. The first-order chi connectivity index (χ1) is 13.8. The number of nitriles is 1. The van der Waals surface area contributed by atoms with Gasteiger partial charge in [0.25, 0.3) is 5.91 Å². The molecule has 2 aromatic rings. The third-order valence-corrected chi connectivity index (χ3v) is 6.45. The highest BCUT2D eigenvalue weighted by molar-refractivity contribution is 6.31. The summed E-state index contributed by atoms with van der Waals surface area (Å²) in [5, 5.41) is 13.4. The normalized spacial score (nSPS) is 19.7. The molecule has 152 valence electrons. The minimum absolute atomic E-state index is 0.144. The number of aryl methyl sites for hydroxylation is 1. The molecule has 0 unspecified atom stereocenters. The highest BCUT2D eigenvalue weighted by Crippen LogP contribution is 2.28. The molecular weight excluding hydrogens is 382 g/mol. The summed E-state index contributed by atoms with van der Waals surface area (Å²) in [7, 11) is 0. The molecule has 0 saturated heterocycles. The first-order valence-electron chi connectivity index (χ1n) is 10.2. The van der Waals surface area contributed by atoms with Crippen molar-refractivity contribution in [2.75, 3.05) is 0 Å². The lowest BCUT2D eigenvalue weighted by atomic mass is 9.86. The number of rotatable bonds is 4. The Kier molecular flexibility index (Phi) is 6.49. The van der Waals surface area contributed by atoms with Gasteiger partial charge in [0.05, 0.1) is 0 Å². The molecule has 5 heteroatoms. The van der Waals surface area contributed by atoms with Gasteiger partial charge in [-0.1, -0.05) is 37.4 Å². The van der Waals surface area contributed by atoms with Crippen molar-refractivity contribution in [1.82, 2.24) is 9.88 Å². The average molecular weight is 410 g/mol. The number of aromatic nitrogens is 1. The molecule has 2 atom stereocenters. The number of benzene rings is 1. The Morgan fingerprint density at radius 1 is 1.28 bits per heavy atom. The van der Waals surface area contributed by atoms with Crippen LogP contribution in [-0.4, -0.2) is 16.5 Å². The van der Waals surface area contributed by atoms with Gasteiger partial charge in [0.15, 0.2) is 0 Å². The van der Waals surface area contributed by atoms with E-state index < -0.39 is 0 Å². The SMILES string of the molecule is Cc1c(Cl)cccc1-n1c(C)cc(/C=C(\C#N)C(=O)N[C@H]2CCCC[C@H]2C)c1C. The Morgan fingerprint density at radius 3 is 2.69 bits per heavy atom. The Balaban J connectivity index is 1.92. The summed E-state index contributed by atoms with van der Waals surface area (Å²) >= 11 is 6.31. The van der Waals surface area contributed by atoms with Gasteiger partial charge in [-0.25, -0.2) is 0 Å². The number of carbonyl (C=O) groups excluding carboxylic acids is 1. The zero-order valence-corrected chi connectivity index (χ0v) is 18.3. The number of nitrogens with one attached hydrogen (secondary N) is 1. The average Bonchev–Trinajstić information content (AvgIpc) is 2.97. The second-order valence-corrected chi connectivity index (χ2v) is 8.46. The molecule has 29 heavy (non-hydrogen) atoms. The number of halogens is 1. The fourth-order valence-electron chi connectivity index (χ4n) is 4.22. The maximum Gasteiger partial charge on any atom is 0.262 e. The van der Waals surface area contributed by atoms with Gasteiger partial charge in [-0.3, -0.25) is 4.79 Å². The smallest absolute Gasteiger partial charge is 0.262 e. The minimum Gasteiger partial charge on any atom is -0.348 e. The van der Waals surface area contributed by atoms with Crippen molar-refractivity contribution in [2.45, 2.75) is 59.4 Å². The van der Waals surface area contributed by atoms with Crippen LogP contribution >= 0.6 is 11.6 Å². The van der Waals surface area contributed by atoms with Gasteiger partial charge in [-0.2, -0.15) is 5.26 Å². The third kappa shape index (κ3) is 4.41. The van der Waals surface area contributed by atoms with E-state index in [1.54, 1.807) is 6.08 Å². The lowest BCUT2D eigenvalue weighted by Crippen LogP contribution is -2.41. The lowest BCUT2D eigenvalue weighted by Gasteiger charge is -2.29. The van der Waals surface area contributed by atoms with Crippen molar-refractivity contribution in [3.63, 3.8) is 0 Å². The number of carbonyl (C=O) groups is 1. The molecular formula is C24H28ClN3O. The van der Waals surface area contributed by atoms with Crippen molar-refractivity contribution in [2.24, 2.45) is 5.92 Å². The molecule has 1 aromatic heterocycles. The van der Waals surface area contributed by atoms with Crippen LogP contribution in [0, 0.1) is 38.0 Å². The van der Waals surface area contributed by atoms with E-state index in [4.69, 9.17) is 11.6 Å². The zero-order chi connectivity index (χ0) is 21.1. The standard InChI is InChI=1S/C24H28ClN3O/c1-15-8-5-6-10-22(15)27-24(29)20(14-26)13-19-12-16(2)28(18(19)4)23-11-7-9-21(25)17(23)3/h7,9,11-13,15,22H,5-6,8,10H2,1-4H3,(H,27,29)/b20-13+/t15-,22+/m1/s1.